The molecule has 0 saturated carbocycles. The van der Waals surface area contributed by atoms with Gasteiger partial charge in [0, 0.05) is 33.9 Å². The van der Waals surface area contributed by atoms with E-state index in [2.05, 4.69) is 91.6 Å². The summed E-state index contributed by atoms with van der Waals surface area (Å²) in [5.74, 6) is 3.47. The molecule has 0 amide bonds. The zero-order chi connectivity index (χ0) is 31.5. The van der Waals surface area contributed by atoms with Crippen molar-refractivity contribution < 1.29 is 9.47 Å². The summed E-state index contributed by atoms with van der Waals surface area (Å²) >= 11 is 0. The summed E-state index contributed by atoms with van der Waals surface area (Å²) in [7, 11) is 0. The summed E-state index contributed by atoms with van der Waals surface area (Å²) in [5, 5.41) is 0. The predicted molar refractivity (Wildman–Crippen MR) is 186 cm³/mol. The second-order valence-corrected chi connectivity index (χ2v) is 12.4. The van der Waals surface area contributed by atoms with Crippen molar-refractivity contribution in [3.05, 3.63) is 151 Å². The molecule has 2 aromatic heterocycles. The lowest BCUT2D eigenvalue weighted by Gasteiger charge is -2.26. The predicted octanol–water partition coefficient (Wildman–Crippen LogP) is 10.7. The molecule has 47 heavy (non-hydrogen) atoms. The van der Waals surface area contributed by atoms with Crippen LogP contribution in [0.3, 0.4) is 0 Å². The van der Waals surface area contributed by atoms with Crippen LogP contribution in [-0.2, 0) is 5.41 Å². The van der Waals surface area contributed by atoms with E-state index < -0.39 is 0 Å². The molecule has 9 rings (SSSR count). The van der Waals surface area contributed by atoms with Crippen LogP contribution in [0.25, 0.3) is 56.3 Å². The van der Waals surface area contributed by atoms with Gasteiger partial charge in [-0.25, -0.2) is 9.97 Å². The maximum absolute atomic E-state index is 6.90. The molecule has 0 saturated heterocycles. The normalized spacial score (nSPS) is 13.4. The number of fused-ring (bicyclic) bond motifs is 6. The number of hydrogen-bond donors (Lipinski definition) is 0. The molecular formula is C42H29N3O2. The number of benzene rings is 5. The highest BCUT2D eigenvalue weighted by molar-refractivity contribution is 5.89. The molecule has 0 spiro atoms. The molecule has 0 atom stereocenters. The van der Waals surface area contributed by atoms with Crippen LogP contribution in [-0.4, -0.2) is 15.0 Å². The van der Waals surface area contributed by atoms with Crippen molar-refractivity contribution in [2.75, 3.05) is 0 Å². The first-order valence-electron chi connectivity index (χ1n) is 15.8. The quantitative estimate of drug-likeness (QED) is 0.199. The molecule has 0 bridgehead atoms. The number of aromatic nitrogens is 3. The minimum Gasteiger partial charge on any atom is -0.449 e. The fourth-order valence-corrected chi connectivity index (χ4v) is 6.88. The largest absolute Gasteiger partial charge is 0.449 e. The van der Waals surface area contributed by atoms with E-state index in [1.807, 2.05) is 60.7 Å². The molecule has 5 aromatic carbocycles. The summed E-state index contributed by atoms with van der Waals surface area (Å²) in [5.41, 5.74) is 11.0. The fourth-order valence-electron chi connectivity index (χ4n) is 6.88. The van der Waals surface area contributed by atoms with Gasteiger partial charge in [-0.2, -0.15) is 0 Å². The first kappa shape index (κ1) is 27.3. The lowest BCUT2D eigenvalue weighted by atomic mass is 9.82. The van der Waals surface area contributed by atoms with Crippen LogP contribution in [0.4, 0.5) is 0 Å². The van der Waals surface area contributed by atoms with E-state index in [1.165, 1.54) is 16.7 Å². The van der Waals surface area contributed by atoms with Crippen LogP contribution in [0.1, 0.15) is 25.0 Å². The molecule has 5 heteroatoms. The summed E-state index contributed by atoms with van der Waals surface area (Å²) in [6, 6.07) is 45.3. The van der Waals surface area contributed by atoms with Crippen molar-refractivity contribution in [2.24, 2.45) is 0 Å². The second kappa shape index (κ2) is 10.5. The summed E-state index contributed by atoms with van der Waals surface area (Å²) in [4.78, 5) is 14.4. The third-order valence-electron chi connectivity index (χ3n) is 9.23. The van der Waals surface area contributed by atoms with E-state index in [1.54, 1.807) is 6.20 Å². The third-order valence-corrected chi connectivity index (χ3v) is 9.23. The number of rotatable bonds is 4. The summed E-state index contributed by atoms with van der Waals surface area (Å²) < 4.78 is 13.4. The molecular weight excluding hydrogens is 578 g/mol. The Bertz CT molecular complexity index is 2270. The highest BCUT2D eigenvalue weighted by Gasteiger charge is 2.39. The van der Waals surface area contributed by atoms with E-state index in [0.29, 0.717) is 17.3 Å². The van der Waals surface area contributed by atoms with Gasteiger partial charge in [0.25, 0.3) is 0 Å². The maximum Gasteiger partial charge on any atom is 0.179 e. The van der Waals surface area contributed by atoms with Crippen LogP contribution < -0.4 is 9.47 Å². The zero-order valence-electron chi connectivity index (χ0n) is 25.9. The van der Waals surface area contributed by atoms with E-state index in [-0.39, 0.29) is 5.41 Å². The number of ether oxygens (including phenoxy) is 2. The van der Waals surface area contributed by atoms with Crippen molar-refractivity contribution in [3.63, 3.8) is 0 Å². The molecule has 0 N–H and O–H groups in total. The SMILES string of the molecule is CC1(C)c2ccccc2-c2c1ccc1c2Oc2c(cccc2-c2cccc(-c3cc(-c4ccccc4)nc(-c4ccccn4)n3)c2)O1. The molecule has 2 aliphatic rings. The van der Waals surface area contributed by atoms with Gasteiger partial charge in [-0.3, -0.25) is 4.98 Å². The lowest BCUT2D eigenvalue weighted by molar-refractivity contribution is 0.361. The standard InChI is InChI=1S/C42H29N3O2/c1-42(2)31-18-7-6-16-30(31)38-32(42)21-22-37-40(38)47-39-29(17-11-20-36(39)46-37)27-14-10-15-28(24-27)35-25-34(26-12-4-3-5-13-26)44-41(45-35)33-19-8-9-23-43-33/h3-25H,1-2H3. The fraction of sp³-hybridized carbons (Fsp3) is 0.0714. The van der Waals surface area contributed by atoms with Gasteiger partial charge in [0.15, 0.2) is 28.8 Å². The van der Waals surface area contributed by atoms with Crippen LogP contribution >= 0.6 is 0 Å². The van der Waals surface area contributed by atoms with Gasteiger partial charge < -0.3 is 9.47 Å². The van der Waals surface area contributed by atoms with Crippen LogP contribution in [0.5, 0.6) is 23.0 Å². The molecule has 0 unspecified atom stereocenters. The Balaban J connectivity index is 1.16. The molecule has 7 aromatic rings. The minimum absolute atomic E-state index is 0.136. The Hall–Kier alpha value is -6.07. The number of pyridine rings is 1. The Morgan fingerprint density at radius 3 is 2.04 bits per heavy atom. The molecule has 224 valence electrons. The maximum atomic E-state index is 6.90. The van der Waals surface area contributed by atoms with Crippen molar-refractivity contribution in [3.8, 4) is 79.3 Å². The summed E-state index contributed by atoms with van der Waals surface area (Å²) in [6.07, 6.45) is 1.77. The lowest BCUT2D eigenvalue weighted by Crippen LogP contribution is -2.15. The van der Waals surface area contributed by atoms with Gasteiger partial charge in [-0.05, 0) is 58.7 Å². The molecule has 3 heterocycles. The van der Waals surface area contributed by atoms with Crippen molar-refractivity contribution >= 4 is 0 Å². The number of para-hydroxylation sites is 1. The first-order chi connectivity index (χ1) is 23.0. The molecule has 0 radical (unpaired) electrons. The van der Waals surface area contributed by atoms with Crippen molar-refractivity contribution in [2.45, 2.75) is 19.3 Å². The second-order valence-electron chi connectivity index (χ2n) is 12.4. The Kier molecular flexibility index (Phi) is 6.09. The molecule has 1 aliphatic heterocycles. The molecule has 5 nitrogen and oxygen atoms in total. The van der Waals surface area contributed by atoms with Gasteiger partial charge in [-0.15, -0.1) is 0 Å². The van der Waals surface area contributed by atoms with E-state index in [0.717, 1.165) is 56.4 Å². The Morgan fingerprint density at radius 1 is 0.489 bits per heavy atom. The summed E-state index contributed by atoms with van der Waals surface area (Å²) in [6.45, 7) is 4.54. The molecule has 0 fully saturated rings. The van der Waals surface area contributed by atoms with Gasteiger partial charge in [0.2, 0.25) is 0 Å². The number of hydrogen-bond acceptors (Lipinski definition) is 5. The average Bonchev–Trinajstić information content (AvgIpc) is 3.37. The van der Waals surface area contributed by atoms with Gasteiger partial charge in [0.1, 0.15) is 5.69 Å². The van der Waals surface area contributed by atoms with Crippen molar-refractivity contribution in [1.82, 2.24) is 15.0 Å². The van der Waals surface area contributed by atoms with Crippen molar-refractivity contribution in [1.29, 1.82) is 0 Å². The smallest absolute Gasteiger partial charge is 0.179 e. The van der Waals surface area contributed by atoms with Crippen LogP contribution in [0, 0.1) is 0 Å². The Morgan fingerprint density at radius 2 is 1.19 bits per heavy atom. The zero-order valence-corrected chi connectivity index (χ0v) is 25.9. The topological polar surface area (TPSA) is 57.1 Å². The Labute approximate surface area is 273 Å². The third kappa shape index (κ3) is 4.43. The van der Waals surface area contributed by atoms with Gasteiger partial charge >= 0.3 is 0 Å². The highest BCUT2D eigenvalue weighted by atomic mass is 16.6. The molecule has 1 aliphatic carbocycles. The van der Waals surface area contributed by atoms with E-state index in [4.69, 9.17) is 19.4 Å². The monoisotopic (exact) mass is 607 g/mol. The number of nitrogens with zero attached hydrogens (tertiary/aromatic N) is 3. The van der Waals surface area contributed by atoms with Crippen LogP contribution in [0.15, 0.2) is 140 Å². The average molecular weight is 608 g/mol. The van der Waals surface area contributed by atoms with Gasteiger partial charge in [-0.1, -0.05) is 111 Å². The first-order valence-corrected chi connectivity index (χ1v) is 15.8. The van der Waals surface area contributed by atoms with E-state index >= 15 is 0 Å². The minimum atomic E-state index is -0.136. The highest BCUT2D eigenvalue weighted by Crippen LogP contribution is 2.59. The van der Waals surface area contributed by atoms with E-state index in [9.17, 15) is 0 Å². The van der Waals surface area contributed by atoms with Gasteiger partial charge in [0.05, 0.1) is 11.4 Å². The van der Waals surface area contributed by atoms with Crippen LogP contribution in [0.2, 0.25) is 0 Å².